The maximum Gasteiger partial charge on any atom is 0.253 e. The molecule has 0 unspecified atom stereocenters. The van der Waals surface area contributed by atoms with Crippen LogP contribution in [-0.2, 0) is 12.8 Å². The van der Waals surface area contributed by atoms with Crippen LogP contribution in [0.2, 0.25) is 0 Å². The molecule has 2 aromatic carbocycles. The van der Waals surface area contributed by atoms with Gasteiger partial charge in [0.2, 0.25) is 0 Å². The number of carbonyl (C=O) groups is 1. The Morgan fingerprint density at radius 3 is 2.63 bits per heavy atom. The van der Waals surface area contributed by atoms with Gasteiger partial charge in [0, 0.05) is 46.2 Å². The summed E-state index contributed by atoms with van der Waals surface area (Å²) in [6, 6.07) is 16.0. The highest BCUT2D eigenvalue weighted by molar-refractivity contribution is 7.18. The lowest BCUT2D eigenvalue weighted by atomic mass is 10.1. The minimum absolute atomic E-state index is 0.0235. The zero-order chi connectivity index (χ0) is 21.3. The lowest BCUT2D eigenvalue weighted by Gasteiger charge is -2.13. The van der Waals surface area contributed by atoms with Crippen molar-refractivity contribution in [3.05, 3.63) is 64.7 Å². The van der Waals surface area contributed by atoms with E-state index in [9.17, 15) is 4.79 Å². The highest BCUT2D eigenvalue weighted by Gasteiger charge is 2.08. The van der Waals surface area contributed by atoms with Gasteiger partial charge in [0.1, 0.15) is 0 Å². The number of thiazole rings is 1. The first kappa shape index (κ1) is 21.8. The van der Waals surface area contributed by atoms with Gasteiger partial charge in [-0.05, 0) is 42.7 Å². The van der Waals surface area contributed by atoms with Gasteiger partial charge in [-0.25, -0.2) is 4.98 Å². The van der Waals surface area contributed by atoms with Crippen LogP contribution in [-0.4, -0.2) is 56.0 Å². The summed E-state index contributed by atoms with van der Waals surface area (Å²) in [5.74, 6) is 0.815. The Hall–Kier alpha value is -2.93. The number of guanidine groups is 1. The monoisotopic (exact) mass is 423 g/mol. The summed E-state index contributed by atoms with van der Waals surface area (Å²) in [5, 5.41) is 7.87. The summed E-state index contributed by atoms with van der Waals surface area (Å²) in [7, 11) is 5.31. The van der Waals surface area contributed by atoms with Crippen LogP contribution in [0.1, 0.15) is 27.3 Å². The lowest BCUT2D eigenvalue weighted by Crippen LogP contribution is -2.38. The minimum Gasteiger partial charge on any atom is -0.356 e. The van der Waals surface area contributed by atoms with Crippen LogP contribution in [0.15, 0.2) is 53.5 Å². The zero-order valence-corrected chi connectivity index (χ0v) is 18.6. The number of hydrogen-bond acceptors (Lipinski definition) is 4. The molecule has 0 aliphatic rings. The number of nitrogens with one attached hydrogen (secondary N) is 2. The third-order valence-corrected chi connectivity index (χ3v) is 5.80. The van der Waals surface area contributed by atoms with Gasteiger partial charge in [-0.3, -0.25) is 9.79 Å². The van der Waals surface area contributed by atoms with Gasteiger partial charge in [0.05, 0.1) is 15.2 Å². The zero-order valence-electron chi connectivity index (χ0n) is 17.8. The molecule has 0 radical (unpaired) electrons. The summed E-state index contributed by atoms with van der Waals surface area (Å²) in [4.78, 5) is 22.7. The second-order valence-corrected chi connectivity index (χ2v) is 8.37. The number of nitrogens with zero attached hydrogens (tertiary/aromatic N) is 3. The Bertz CT molecular complexity index is 979. The van der Waals surface area contributed by atoms with E-state index in [4.69, 9.17) is 0 Å². The molecule has 1 amide bonds. The largest absolute Gasteiger partial charge is 0.356 e. The lowest BCUT2D eigenvalue weighted by molar-refractivity contribution is 0.0827. The van der Waals surface area contributed by atoms with Crippen LogP contribution in [0.25, 0.3) is 10.2 Å². The van der Waals surface area contributed by atoms with Crippen molar-refractivity contribution in [2.75, 3.05) is 34.2 Å². The molecule has 0 aliphatic heterocycles. The fourth-order valence-corrected chi connectivity index (χ4v) is 4.15. The van der Waals surface area contributed by atoms with Crippen molar-refractivity contribution in [2.24, 2.45) is 4.99 Å². The quantitative estimate of drug-likeness (QED) is 0.331. The van der Waals surface area contributed by atoms with E-state index in [0.29, 0.717) is 0 Å². The molecule has 0 saturated carbocycles. The molecule has 158 valence electrons. The van der Waals surface area contributed by atoms with Gasteiger partial charge in [0.15, 0.2) is 5.96 Å². The van der Waals surface area contributed by atoms with Crippen molar-refractivity contribution in [1.29, 1.82) is 0 Å². The number of aryl methyl sites for hydroxylation is 1. The topological polar surface area (TPSA) is 69.6 Å². The van der Waals surface area contributed by atoms with Crippen LogP contribution in [0.3, 0.4) is 0 Å². The number of aromatic nitrogens is 1. The number of carbonyl (C=O) groups excluding carboxylic acids is 1. The Labute approximate surface area is 182 Å². The maximum atomic E-state index is 12.1. The van der Waals surface area contributed by atoms with Gasteiger partial charge >= 0.3 is 0 Å². The third kappa shape index (κ3) is 6.03. The normalized spacial score (nSPS) is 11.5. The number of rotatable bonds is 8. The number of fused-ring (bicyclic) bond motifs is 1. The fraction of sp³-hybridized carbons (Fsp3) is 0.348. The van der Waals surface area contributed by atoms with Gasteiger partial charge in [-0.2, -0.15) is 0 Å². The van der Waals surface area contributed by atoms with Gasteiger partial charge in [-0.15, -0.1) is 11.3 Å². The number of amides is 1. The average molecular weight is 424 g/mol. The fourth-order valence-electron chi connectivity index (χ4n) is 3.14. The van der Waals surface area contributed by atoms with Crippen molar-refractivity contribution in [3.63, 3.8) is 0 Å². The van der Waals surface area contributed by atoms with Crippen LogP contribution in [0.5, 0.6) is 0 Å². The van der Waals surface area contributed by atoms with Gasteiger partial charge < -0.3 is 15.5 Å². The number of para-hydroxylation sites is 1. The van der Waals surface area contributed by atoms with Crippen LogP contribution < -0.4 is 10.6 Å². The summed E-state index contributed by atoms with van der Waals surface area (Å²) >= 11 is 1.77. The number of aliphatic imine (C=N–C) groups is 1. The Balaban J connectivity index is 1.39. The maximum absolute atomic E-state index is 12.1. The molecule has 7 heteroatoms. The standard InChI is InChI=1S/C23H29N5OS/c1-24-23(25-14-7-12-21-27-19-10-4-5-11-20(19)30-21)26-15-13-17-8-6-9-18(16-17)22(29)28(2)3/h4-6,8-11,16H,7,12-15H2,1-3H3,(H2,24,25,26). The predicted octanol–water partition coefficient (Wildman–Crippen LogP) is 3.34. The SMILES string of the molecule is CN=C(NCCCc1nc2ccccc2s1)NCCc1cccc(C(=O)N(C)C)c1. The molecule has 0 fully saturated rings. The summed E-state index contributed by atoms with van der Waals surface area (Å²) < 4.78 is 1.24. The molecule has 0 atom stereocenters. The molecule has 3 rings (SSSR count). The molecule has 30 heavy (non-hydrogen) atoms. The Morgan fingerprint density at radius 1 is 1.07 bits per heavy atom. The highest BCUT2D eigenvalue weighted by Crippen LogP contribution is 2.22. The molecule has 0 spiro atoms. The first-order chi connectivity index (χ1) is 14.6. The number of benzene rings is 2. The van der Waals surface area contributed by atoms with E-state index in [-0.39, 0.29) is 5.91 Å². The van der Waals surface area contributed by atoms with Crippen molar-refractivity contribution in [3.8, 4) is 0 Å². The van der Waals surface area contributed by atoms with E-state index in [2.05, 4.69) is 38.8 Å². The van der Waals surface area contributed by atoms with Crippen LogP contribution >= 0.6 is 11.3 Å². The Kier molecular flexibility index (Phi) is 7.79. The van der Waals surface area contributed by atoms with Crippen molar-refractivity contribution < 1.29 is 4.79 Å². The number of hydrogen-bond donors (Lipinski definition) is 2. The van der Waals surface area contributed by atoms with Crippen molar-refractivity contribution >= 4 is 33.4 Å². The predicted molar refractivity (Wildman–Crippen MR) is 125 cm³/mol. The Morgan fingerprint density at radius 2 is 1.87 bits per heavy atom. The van der Waals surface area contributed by atoms with Crippen LogP contribution in [0.4, 0.5) is 0 Å². The highest BCUT2D eigenvalue weighted by atomic mass is 32.1. The van der Waals surface area contributed by atoms with Crippen LogP contribution in [0, 0.1) is 0 Å². The smallest absolute Gasteiger partial charge is 0.253 e. The molecule has 2 N–H and O–H groups in total. The molecule has 1 heterocycles. The summed E-state index contributed by atoms with van der Waals surface area (Å²) in [5.41, 5.74) is 2.93. The molecule has 3 aromatic rings. The van der Waals surface area contributed by atoms with E-state index < -0.39 is 0 Å². The first-order valence-corrected chi connectivity index (χ1v) is 11.0. The van der Waals surface area contributed by atoms with Gasteiger partial charge in [-0.1, -0.05) is 24.3 Å². The van der Waals surface area contributed by atoms with E-state index >= 15 is 0 Å². The molecule has 6 nitrogen and oxygen atoms in total. The molecule has 0 aliphatic carbocycles. The van der Waals surface area contributed by atoms with E-state index in [0.717, 1.165) is 55.0 Å². The molecular weight excluding hydrogens is 394 g/mol. The second-order valence-electron chi connectivity index (χ2n) is 7.25. The van der Waals surface area contributed by atoms with Crippen molar-refractivity contribution in [2.45, 2.75) is 19.3 Å². The van der Waals surface area contributed by atoms with Gasteiger partial charge in [0.25, 0.3) is 5.91 Å². The van der Waals surface area contributed by atoms with E-state index in [1.165, 1.54) is 9.71 Å². The summed E-state index contributed by atoms with van der Waals surface area (Å²) in [6.07, 6.45) is 2.77. The molecule has 0 saturated heterocycles. The van der Waals surface area contributed by atoms with E-state index in [1.807, 2.05) is 30.3 Å². The van der Waals surface area contributed by atoms with Crippen molar-refractivity contribution in [1.82, 2.24) is 20.5 Å². The molecule has 1 aromatic heterocycles. The van der Waals surface area contributed by atoms with E-state index in [1.54, 1.807) is 37.4 Å². The first-order valence-electron chi connectivity index (χ1n) is 10.2. The third-order valence-electron chi connectivity index (χ3n) is 4.71. The molecular formula is C23H29N5OS. The summed E-state index contributed by atoms with van der Waals surface area (Å²) in [6.45, 7) is 1.58. The minimum atomic E-state index is 0.0235. The average Bonchev–Trinajstić information content (AvgIpc) is 3.18. The second kappa shape index (κ2) is 10.7. The molecule has 0 bridgehead atoms.